The second-order valence-corrected chi connectivity index (χ2v) is 12.8. The minimum absolute atomic E-state index is 0. The number of rotatable bonds is 13. The number of carbonyl (C=O) groups is 1. The fraction of sp³-hybridized carbons (Fsp3) is 0.424. The Morgan fingerprint density at radius 2 is 1.50 bits per heavy atom. The van der Waals surface area contributed by atoms with Gasteiger partial charge in [-0.25, -0.2) is 17.5 Å². The van der Waals surface area contributed by atoms with E-state index in [0.717, 1.165) is 56.4 Å². The monoisotopic (exact) mass is 613 g/mol. The van der Waals surface area contributed by atoms with Gasteiger partial charge in [0.15, 0.2) is 0 Å². The maximum absolute atomic E-state index is 13.2. The average molecular weight is 614 g/mol. The number of benzene rings is 3. The molecule has 9 heteroatoms. The summed E-state index contributed by atoms with van der Waals surface area (Å²) in [4.78, 5) is 17.7. The lowest BCUT2D eigenvalue weighted by molar-refractivity contribution is 0.0601. The standard InChI is InChI=1S/C33H43N3O4S.ClH/c1-3-22-36(33(37)40-27-28-13-7-4-8-14-28)31-20-24-35(25-21-31)23-19-30(29-15-9-5-10-16-29)26-34(2)41(38,39)32-17-11-6-12-18-32;/h4-18,30-31H,3,19-27H2,1-2H3;1H. The number of carbonyl (C=O) groups excluding carboxylic acids is 1. The van der Waals surface area contributed by atoms with Crippen LogP contribution in [0.1, 0.15) is 49.7 Å². The van der Waals surface area contributed by atoms with Gasteiger partial charge < -0.3 is 14.5 Å². The zero-order chi connectivity index (χ0) is 29.1. The van der Waals surface area contributed by atoms with Crippen LogP contribution >= 0.6 is 12.4 Å². The van der Waals surface area contributed by atoms with E-state index in [1.54, 1.807) is 31.3 Å². The molecule has 1 aliphatic heterocycles. The van der Waals surface area contributed by atoms with Gasteiger partial charge in [0.05, 0.1) is 4.90 Å². The Morgan fingerprint density at radius 3 is 2.10 bits per heavy atom. The quantitative estimate of drug-likeness (QED) is 0.223. The zero-order valence-electron chi connectivity index (χ0n) is 24.7. The normalized spacial score (nSPS) is 15.1. The third kappa shape index (κ3) is 9.30. The molecule has 1 saturated heterocycles. The number of sulfonamides is 1. The van der Waals surface area contributed by atoms with E-state index in [1.807, 2.05) is 59.5 Å². The van der Waals surface area contributed by atoms with Gasteiger partial charge in [0, 0.05) is 39.3 Å². The van der Waals surface area contributed by atoms with Crippen LogP contribution in [-0.4, -0.2) is 74.4 Å². The van der Waals surface area contributed by atoms with Crippen molar-refractivity contribution in [2.45, 2.75) is 56.1 Å². The molecule has 228 valence electrons. The highest BCUT2D eigenvalue weighted by molar-refractivity contribution is 7.89. The Labute approximate surface area is 257 Å². The lowest BCUT2D eigenvalue weighted by atomic mass is 9.94. The summed E-state index contributed by atoms with van der Waals surface area (Å²) in [5, 5.41) is 0. The first-order valence-electron chi connectivity index (χ1n) is 14.6. The molecule has 3 aromatic carbocycles. The van der Waals surface area contributed by atoms with Crippen molar-refractivity contribution in [3.63, 3.8) is 0 Å². The fourth-order valence-electron chi connectivity index (χ4n) is 5.53. The number of amides is 1. The Kier molecular flexibility index (Phi) is 13.3. The zero-order valence-corrected chi connectivity index (χ0v) is 26.3. The molecule has 0 saturated carbocycles. The molecule has 0 bridgehead atoms. The number of likely N-dealkylation sites (tertiary alicyclic amines) is 1. The SMILES string of the molecule is CCCN(C(=O)OCc1ccccc1)C1CCN(CCC(CN(C)S(=O)(=O)c2ccccc2)c2ccccc2)CC1.Cl. The van der Waals surface area contributed by atoms with Crippen molar-refractivity contribution in [3.05, 3.63) is 102 Å². The van der Waals surface area contributed by atoms with Crippen LogP contribution < -0.4 is 0 Å². The van der Waals surface area contributed by atoms with E-state index in [9.17, 15) is 13.2 Å². The third-order valence-electron chi connectivity index (χ3n) is 7.90. The van der Waals surface area contributed by atoms with Gasteiger partial charge in [-0.15, -0.1) is 12.4 Å². The van der Waals surface area contributed by atoms with Crippen molar-refractivity contribution in [2.75, 3.05) is 39.8 Å². The summed E-state index contributed by atoms with van der Waals surface area (Å²) in [5.41, 5.74) is 2.13. The minimum Gasteiger partial charge on any atom is -0.445 e. The average Bonchev–Trinajstić information content (AvgIpc) is 3.02. The van der Waals surface area contributed by atoms with Gasteiger partial charge in [0.2, 0.25) is 10.0 Å². The number of ether oxygens (including phenoxy) is 1. The highest BCUT2D eigenvalue weighted by Crippen LogP contribution is 2.26. The molecule has 1 amide bonds. The molecule has 1 fully saturated rings. The molecule has 0 N–H and O–H groups in total. The summed E-state index contributed by atoms with van der Waals surface area (Å²) in [5.74, 6) is 0.0713. The van der Waals surface area contributed by atoms with E-state index >= 15 is 0 Å². The van der Waals surface area contributed by atoms with Gasteiger partial charge in [-0.2, -0.15) is 0 Å². The van der Waals surface area contributed by atoms with Crippen LogP contribution in [0.3, 0.4) is 0 Å². The van der Waals surface area contributed by atoms with Crippen molar-refractivity contribution in [2.24, 2.45) is 0 Å². The molecule has 1 heterocycles. The van der Waals surface area contributed by atoms with Gasteiger partial charge >= 0.3 is 6.09 Å². The molecule has 42 heavy (non-hydrogen) atoms. The number of piperidine rings is 1. The molecule has 1 atom stereocenters. The van der Waals surface area contributed by atoms with Crippen LogP contribution in [0.15, 0.2) is 95.9 Å². The van der Waals surface area contributed by atoms with Crippen LogP contribution in [0.25, 0.3) is 0 Å². The number of likely N-dealkylation sites (N-methyl/N-ethyl adjacent to an activating group) is 1. The highest BCUT2D eigenvalue weighted by Gasteiger charge is 2.30. The smallest absolute Gasteiger partial charge is 0.410 e. The van der Waals surface area contributed by atoms with E-state index in [2.05, 4.69) is 24.0 Å². The van der Waals surface area contributed by atoms with E-state index in [-0.39, 0.29) is 37.1 Å². The Hall–Kier alpha value is -2.91. The van der Waals surface area contributed by atoms with Gasteiger partial charge in [-0.3, -0.25) is 0 Å². The topological polar surface area (TPSA) is 70.2 Å². The Morgan fingerprint density at radius 1 is 0.929 bits per heavy atom. The van der Waals surface area contributed by atoms with Crippen LogP contribution in [0, 0.1) is 0 Å². The molecule has 3 aromatic rings. The predicted molar refractivity (Wildman–Crippen MR) is 170 cm³/mol. The minimum atomic E-state index is -3.57. The first-order valence-corrected chi connectivity index (χ1v) is 16.1. The molecule has 0 aromatic heterocycles. The first kappa shape index (κ1) is 33.6. The maximum Gasteiger partial charge on any atom is 0.410 e. The number of hydrogen-bond acceptors (Lipinski definition) is 5. The molecule has 1 aliphatic rings. The summed E-state index contributed by atoms with van der Waals surface area (Å²) in [7, 11) is -1.90. The summed E-state index contributed by atoms with van der Waals surface area (Å²) < 4.78 is 33.6. The summed E-state index contributed by atoms with van der Waals surface area (Å²) in [6.45, 7) is 6.15. The summed E-state index contributed by atoms with van der Waals surface area (Å²) in [6.07, 6.45) is 3.30. The van der Waals surface area contributed by atoms with E-state index in [4.69, 9.17) is 4.74 Å². The van der Waals surface area contributed by atoms with Crippen LogP contribution in [0.2, 0.25) is 0 Å². The molecule has 7 nitrogen and oxygen atoms in total. The third-order valence-corrected chi connectivity index (χ3v) is 9.73. The number of halogens is 1. The molecular formula is C33H44ClN3O4S. The molecule has 1 unspecified atom stereocenters. The summed E-state index contributed by atoms with van der Waals surface area (Å²) in [6, 6.07) is 28.8. The van der Waals surface area contributed by atoms with E-state index < -0.39 is 10.0 Å². The van der Waals surface area contributed by atoms with Gasteiger partial charge in [0.25, 0.3) is 0 Å². The van der Waals surface area contributed by atoms with Crippen LogP contribution in [0.5, 0.6) is 0 Å². The second-order valence-electron chi connectivity index (χ2n) is 10.8. The van der Waals surface area contributed by atoms with Crippen LogP contribution in [-0.2, 0) is 21.4 Å². The summed E-state index contributed by atoms with van der Waals surface area (Å²) >= 11 is 0. The largest absolute Gasteiger partial charge is 0.445 e. The van der Waals surface area contributed by atoms with E-state index in [0.29, 0.717) is 18.0 Å². The first-order chi connectivity index (χ1) is 19.9. The van der Waals surface area contributed by atoms with Crippen molar-refractivity contribution in [1.29, 1.82) is 0 Å². The molecular weight excluding hydrogens is 570 g/mol. The maximum atomic E-state index is 13.2. The highest BCUT2D eigenvalue weighted by atomic mass is 35.5. The molecule has 0 spiro atoms. The van der Waals surface area contributed by atoms with Gasteiger partial charge in [-0.1, -0.05) is 85.8 Å². The second kappa shape index (κ2) is 16.7. The predicted octanol–water partition coefficient (Wildman–Crippen LogP) is 6.42. The Balaban J connectivity index is 0.00000484. The van der Waals surface area contributed by atoms with E-state index in [1.165, 1.54) is 4.31 Å². The van der Waals surface area contributed by atoms with Crippen LogP contribution in [0.4, 0.5) is 4.79 Å². The molecule has 0 radical (unpaired) electrons. The molecule has 4 rings (SSSR count). The lowest BCUT2D eigenvalue weighted by Crippen LogP contribution is -2.48. The Bertz CT molecular complexity index is 1300. The number of nitrogens with zero attached hydrogens (tertiary/aromatic N) is 3. The van der Waals surface area contributed by atoms with Crippen molar-refractivity contribution < 1.29 is 17.9 Å². The molecule has 0 aliphatic carbocycles. The van der Waals surface area contributed by atoms with Crippen molar-refractivity contribution in [3.8, 4) is 0 Å². The van der Waals surface area contributed by atoms with Gasteiger partial charge in [0.1, 0.15) is 6.61 Å². The fourth-order valence-corrected chi connectivity index (χ4v) is 6.77. The number of hydrogen-bond donors (Lipinski definition) is 0. The van der Waals surface area contributed by atoms with Gasteiger partial charge in [-0.05, 0) is 61.4 Å². The van der Waals surface area contributed by atoms with Crippen molar-refractivity contribution >= 4 is 28.5 Å². The van der Waals surface area contributed by atoms with Crippen molar-refractivity contribution in [1.82, 2.24) is 14.1 Å². The lowest BCUT2D eigenvalue weighted by Gasteiger charge is -2.38.